The van der Waals surface area contributed by atoms with E-state index in [1.165, 1.54) is 4.91 Å². The van der Waals surface area contributed by atoms with E-state index in [4.69, 9.17) is 11.6 Å². The van der Waals surface area contributed by atoms with Gasteiger partial charge in [-0.05, 0) is 11.8 Å². The van der Waals surface area contributed by atoms with Crippen molar-refractivity contribution < 1.29 is 0 Å². The van der Waals surface area contributed by atoms with Crippen LogP contribution in [0, 0.1) is 11.8 Å². The van der Waals surface area contributed by atoms with Gasteiger partial charge < -0.3 is 5.32 Å². The van der Waals surface area contributed by atoms with Crippen molar-refractivity contribution in [1.82, 2.24) is 5.32 Å². The van der Waals surface area contributed by atoms with Gasteiger partial charge in [0, 0.05) is 33.9 Å². The van der Waals surface area contributed by atoms with E-state index in [0.29, 0.717) is 23.9 Å². The topological polar surface area (TPSA) is 12.0 Å². The second-order valence-electron chi connectivity index (χ2n) is 4.64. The molecule has 90 valence electrons. The number of hydrogen-bond acceptors (Lipinski definition) is 2. The van der Waals surface area contributed by atoms with E-state index < -0.39 is 0 Å². The summed E-state index contributed by atoms with van der Waals surface area (Å²) in [5.74, 6) is 2.20. The zero-order valence-corrected chi connectivity index (χ0v) is 11.3. The van der Waals surface area contributed by atoms with Crippen LogP contribution in [-0.2, 0) is 0 Å². The molecule has 1 aliphatic heterocycles. The molecule has 1 heterocycles. The minimum Gasteiger partial charge on any atom is -0.303 e. The summed E-state index contributed by atoms with van der Waals surface area (Å²) in [5, 5.41) is 4.55. The summed E-state index contributed by atoms with van der Waals surface area (Å²) in [6.45, 7) is 2.19. The molecular weight excluding hydrogens is 250 g/mol. The molecule has 1 fully saturated rings. The fourth-order valence-electron chi connectivity index (χ4n) is 2.87. The Morgan fingerprint density at radius 1 is 1.18 bits per heavy atom. The smallest absolute Gasteiger partial charge is 0.0367 e. The third kappa shape index (κ3) is 2.14. The average molecular weight is 266 g/mol. The number of nitrogens with one attached hydrogen (secondary N) is 1. The van der Waals surface area contributed by atoms with Crippen molar-refractivity contribution in [2.45, 2.75) is 19.0 Å². The van der Waals surface area contributed by atoms with Crippen LogP contribution in [0.1, 0.15) is 6.92 Å². The van der Waals surface area contributed by atoms with Gasteiger partial charge in [-0.15, -0.1) is 11.8 Å². The Kier molecular flexibility index (Phi) is 3.20. The minimum absolute atomic E-state index is 0.444. The van der Waals surface area contributed by atoms with Crippen molar-refractivity contribution in [2.75, 3.05) is 5.75 Å². The van der Waals surface area contributed by atoms with Gasteiger partial charge in [-0.3, -0.25) is 0 Å². The summed E-state index contributed by atoms with van der Waals surface area (Å²) in [7, 11) is 0. The maximum atomic E-state index is 6.10. The van der Waals surface area contributed by atoms with Gasteiger partial charge in [0.1, 0.15) is 0 Å². The Morgan fingerprint density at radius 2 is 2.06 bits per heavy atom. The molecule has 0 aromatic heterocycles. The van der Waals surface area contributed by atoms with Gasteiger partial charge >= 0.3 is 0 Å². The van der Waals surface area contributed by atoms with Crippen LogP contribution < -0.4 is 5.32 Å². The minimum atomic E-state index is 0.444. The molecule has 3 heteroatoms. The molecule has 1 saturated heterocycles. The van der Waals surface area contributed by atoms with Crippen molar-refractivity contribution >= 4 is 23.4 Å². The van der Waals surface area contributed by atoms with Crippen LogP contribution in [0.4, 0.5) is 0 Å². The molecule has 0 saturated carbocycles. The average Bonchev–Trinajstić information content (AvgIpc) is 2.66. The molecule has 0 aromatic carbocycles. The molecule has 4 atom stereocenters. The molecule has 0 aromatic rings. The zero-order valence-electron chi connectivity index (χ0n) is 9.77. The SMILES string of the molecule is CCSC1=CC2NC3C=CC(Cl)=CC3C2C=C1. The number of thioether (sulfide) groups is 1. The molecule has 0 bridgehead atoms. The Bertz CT molecular complexity index is 436. The summed E-state index contributed by atoms with van der Waals surface area (Å²) in [4.78, 5) is 1.39. The van der Waals surface area contributed by atoms with Crippen LogP contribution in [-0.4, -0.2) is 17.8 Å². The highest BCUT2D eigenvalue weighted by Crippen LogP contribution is 2.39. The molecule has 3 aliphatic rings. The second-order valence-corrected chi connectivity index (χ2v) is 6.42. The molecule has 0 radical (unpaired) electrons. The number of rotatable bonds is 2. The predicted molar refractivity (Wildman–Crippen MR) is 76.1 cm³/mol. The third-order valence-electron chi connectivity index (χ3n) is 3.61. The first-order chi connectivity index (χ1) is 8.28. The summed E-state index contributed by atoms with van der Waals surface area (Å²) >= 11 is 8.01. The van der Waals surface area contributed by atoms with Crippen LogP contribution in [0.5, 0.6) is 0 Å². The van der Waals surface area contributed by atoms with Gasteiger partial charge in [0.25, 0.3) is 0 Å². The van der Waals surface area contributed by atoms with Crippen LogP contribution in [0.3, 0.4) is 0 Å². The Hall–Kier alpha value is -0.440. The quantitative estimate of drug-likeness (QED) is 0.821. The Morgan fingerprint density at radius 3 is 2.88 bits per heavy atom. The number of fused-ring (bicyclic) bond motifs is 3. The molecule has 2 aliphatic carbocycles. The van der Waals surface area contributed by atoms with Crippen molar-refractivity contribution in [3.8, 4) is 0 Å². The summed E-state index contributed by atoms with van der Waals surface area (Å²) in [6, 6.07) is 0.909. The van der Waals surface area contributed by atoms with Crippen LogP contribution in [0.25, 0.3) is 0 Å². The van der Waals surface area contributed by atoms with E-state index in [1.807, 2.05) is 17.8 Å². The maximum Gasteiger partial charge on any atom is 0.0367 e. The van der Waals surface area contributed by atoms with Gasteiger partial charge in [-0.2, -0.15) is 0 Å². The van der Waals surface area contributed by atoms with E-state index in [1.54, 1.807) is 0 Å². The van der Waals surface area contributed by atoms with E-state index in [9.17, 15) is 0 Å². The van der Waals surface area contributed by atoms with Gasteiger partial charge in [0.2, 0.25) is 0 Å². The lowest BCUT2D eigenvalue weighted by molar-refractivity contribution is 0.525. The number of allylic oxidation sites excluding steroid dienone is 3. The van der Waals surface area contributed by atoms with Gasteiger partial charge in [0.15, 0.2) is 0 Å². The van der Waals surface area contributed by atoms with E-state index >= 15 is 0 Å². The summed E-state index contributed by atoms with van der Waals surface area (Å²) in [6.07, 6.45) is 13.4. The summed E-state index contributed by atoms with van der Waals surface area (Å²) < 4.78 is 0. The Balaban J connectivity index is 1.83. The van der Waals surface area contributed by atoms with E-state index in [2.05, 4.69) is 42.6 Å². The van der Waals surface area contributed by atoms with E-state index in [-0.39, 0.29) is 0 Å². The first-order valence-electron chi connectivity index (χ1n) is 6.12. The Labute approximate surface area is 112 Å². The predicted octanol–water partition coefficient (Wildman–Crippen LogP) is 3.46. The lowest BCUT2D eigenvalue weighted by Gasteiger charge is -2.22. The van der Waals surface area contributed by atoms with Gasteiger partial charge in [-0.25, -0.2) is 0 Å². The van der Waals surface area contributed by atoms with Crippen LogP contribution in [0.15, 0.2) is 46.4 Å². The van der Waals surface area contributed by atoms with E-state index in [0.717, 1.165) is 10.8 Å². The largest absolute Gasteiger partial charge is 0.303 e. The molecule has 1 N–H and O–H groups in total. The lowest BCUT2D eigenvalue weighted by Crippen LogP contribution is -2.30. The van der Waals surface area contributed by atoms with Gasteiger partial charge in [-0.1, -0.05) is 48.9 Å². The normalized spacial score (nSPS) is 38.5. The molecule has 17 heavy (non-hydrogen) atoms. The van der Waals surface area contributed by atoms with Crippen molar-refractivity contribution in [3.63, 3.8) is 0 Å². The van der Waals surface area contributed by atoms with Crippen molar-refractivity contribution in [1.29, 1.82) is 0 Å². The summed E-state index contributed by atoms with van der Waals surface area (Å²) in [5.41, 5.74) is 0. The van der Waals surface area contributed by atoms with Crippen molar-refractivity contribution in [3.05, 3.63) is 46.4 Å². The first kappa shape index (κ1) is 11.6. The molecule has 0 spiro atoms. The highest BCUT2D eigenvalue weighted by atomic mass is 35.5. The third-order valence-corrected chi connectivity index (χ3v) is 4.76. The van der Waals surface area contributed by atoms with Crippen LogP contribution in [0.2, 0.25) is 0 Å². The molecular formula is C14H16ClNS. The highest BCUT2D eigenvalue weighted by Gasteiger charge is 2.40. The molecule has 1 nitrogen and oxygen atoms in total. The number of halogens is 1. The molecule has 3 rings (SSSR count). The fraction of sp³-hybridized carbons (Fsp3) is 0.429. The fourth-order valence-corrected chi connectivity index (χ4v) is 3.83. The van der Waals surface area contributed by atoms with Gasteiger partial charge in [0.05, 0.1) is 0 Å². The molecule has 0 amide bonds. The highest BCUT2D eigenvalue weighted by molar-refractivity contribution is 8.03. The number of hydrogen-bond donors (Lipinski definition) is 1. The first-order valence-corrected chi connectivity index (χ1v) is 7.48. The zero-order chi connectivity index (χ0) is 11.8. The monoisotopic (exact) mass is 265 g/mol. The second kappa shape index (κ2) is 4.68. The lowest BCUT2D eigenvalue weighted by atomic mass is 9.83. The maximum absolute atomic E-state index is 6.10. The van der Waals surface area contributed by atoms with Crippen molar-refractivity contribution in [2.24, 2.45) is 11.8 Å². The van der Waals surface area contributed by atoms with Crippen LogP contribution >= 0.6 is 23.4 Å². The molecule has 4 unspecified atom stereocenters. The standard InChI is InChI=1S/C14H16ClNS/c1-2-17-10-4-5-11-12-7-9(15)3-6-13(12)16-14(11)8-10/h3-8,11-14,16H,2H2,1H3.